The van der Waals surface area contributed by atoms with Crippen molar-refractivity contribution in [3.8, 4) is 0 Å². The average molecular weight is 682 g/mol. The third kappa shape index (κ3) is 9.97. The standard InChI is InChI=1S/C31H38N5O11P/c37-28(38)17-35(26(30(41)42)13-20-15-32-24-7-3-1-5-22(20)24)11-9-34(19-48(45,46)47)10-12-36(18-29(39)40)27(31(43)44)14-21-16-33-25-8-4-2-6-23(21)25/h1-8,15-16,26-27,32-33H,9-14,17-19H2,(H,37,38)(H,39,40)(H,41,42)(H,43,44)(H2,45,46,47)/p-6/t26-,27?/m0/s1. The van der Waals surface area contributed by atoms with Gasteiger partial charge in [0.25, 0.3) is 0 Å². The number of hydrogen-bond acceptors (Lipinski definition) is 14. The molecule has 1 unspecified atom stereocenters. The zero-order chi connectivity index (χ0) is 35.0. The summed E-state index contributed by atoms with van der Waals surface area (Å²) in [6.45, 7) is -3.30. The van der Waals surface area contributed by atoms with Crippen LogP contribution in [0.5, 0.6) is 0 Å². The molecule has 17 heteroatoms. The van der Waals surface area contributed by atoms with Gasteiger partial charge >= 0.3 is 0 Å². The van der Waals surface area contributed by atoms with Crippen molar-refractivity contribution in [1.82, 2.24) is 24.7 Å². The fourth-order valence-corrected chi connectivity index (χ4v) is 6.57. The molecule has 2 heterocycles. The largest absolute Gasteiger partial charge is 0.810 e. The van der Waals surface area contributed by atoms with E-state index in [4.69, 9.17) is 0 Å². The van der Waals surface area contributed by atoms with Gasteiger partial charge in [0.05, 0.1) is 36.0 Å². The number of fused-ring (bicyclic) bond motifs is 2. The van der Waals surface area contributed by atoms with Gasteiger partial charge in [-0.2, -0.15) is 0 Å². The monoisotopic (exact) mass is 681 g/mol. The van der Waals surface area contributed by atoms with Gasteiger partial charge in [0, 0.05) is 79.8 Å². The first-order valence-electron chi connectivity index (χ1n) is 14.8. The van der Waals surface area contributed by atoms with Crippen LogP contribution >= 0.6 is 7.60 Å². The Kier molecular flexibility index (Phi) is 12.1. The fourth-order valence-electron chi connectivity index (χ4n) is 5.80. The van der Waals surface area contributed by atoms with E-state index in [1.54, 1.807) is 60.9 Å². The summed E-state index contributed by atoms with van der Waals surface area (Å²) < 4.78 is 11.8. The highest BCUT2D eigenvalue weighted by Crippen LogP contribution is 2.25. The lowest BCUT2D eigenvalue weighted by molar-refractivity contribution is -0.318. The maximum Gasteiger partial charge on any atom is 0.0590 e. The highest BCUT2D eigenvalue weighted by molar-refractivity contribution is 7.48. The number of aromatic amines is 2. The summed E-state index contributed by atoms with van der Waals surface area (Å²) in [5.41, 5.74) is 2.52. The van der Waals surface area contributed by atoms with Crippen LogP contribution in [0.4, 0.5) is 0 Å². The van der Waals surface area contributed by atoms with Crippen molar-refractivity contribution in [2.24, 2.45) is 0 Å². The summed E-state index contributed by atoms with van der Waals surface area (Å²) in [6.07, 6.45) is 1.67. The van der Waals surface area contributed by atoms with E-state index in [1.165, 1.54) is 0 Å². The highest BCUT2D eigenvalue weighted by Gasteiger charge is 2.25. The van der Waals surface area contributed by atoms with Crippen molar-refractivity contribution in [1.29, 1.82) is 0 Å². The molecule has 4 aromatic rings. The molecule has 4 rings (SSSR count). The molecule has 0 fully saturated rings. The van der Waals surface area contributed by atoms with Crippen molar-refractivity contribution in [3.05, 3.63) is 72.1 Å². The molecule has 0 spiro atoms. The molecule has 0 aliphatic heterocycles. The number of hydrogen-bond donors (Lipinski definition) is 2. The molecule has 0 aliphatic rings. The van der Waals surface area contributed by atoms with Crippen LogP contribution in [-0.2, 0) is 36.6 Å². The topological polar surface area (TPSA) is 265 Å². The first-order chi connectivity index (χ1) is 22.7. The predicted molar refractivity (Wildman–Crippen MR) is 159 cm³/mol. The number of H-pyrrole nitrogens is 2. The summed E-state index contributed by atoms with van der Waals surface area (Å²) in [4.78, 5) is 80.5. The normalized spacial score (nSPS) is 13.4. The number of carboxylic acid groups (broad SMARTS) is 4. The SMILES string of the molecule is O=C([O-])CN(CCN(CCN(CC(=O)[O-])[C@@H](Cc1c[nH]c2ccccc12)C(=O)[O-])CP(=O)([O-])[O-])C(Cc1c[nH]c2ccccc12)C(=O)[O-]. The van der Waals surface area contributed by atoms with E-state index >= 15 is 0 Å². The molecule has 0 bridgehead atoms. The van der Waals surface area contributed by atoms with Crippen molar-refractivity contribution in [3.63, 3.8) is 0 Å². The van der Waals surface area contributed by atoms with E-state index in [9.17, 15) is 54.0 Å². The average Bonchev–Trinajstić information content (AvgIpc) is 3.61. The van der Waals surface area contributed by atoms with Gasteiger partial charge < -0.3 is 63.9 Å². The number of nitrogens with zero attached hydrogens (tertiary/aromatic N) is 3. The van der Waals surface area contributed by atoms with Gasteiger partial charge in [0.1, 0.15) is 0 Å². The van der Waals surface area contributed by atoms with E-state index in [-0.39, 0.29) is 25.9 Å². The second-order valence-electron chi connectivity index (χ2n) is 11.4. The summed E-state index contributed by atoms with van der Waals surface area (Å²) in [5, 5.41) is 49.2. The van der Waals surface area contributed by atoms with Crippen LogP contribution in [0, 0.1) is 0 Å². The third-order valence-electron chi connectivity index (χ3n) is 8.05. The van der Waals surface area contributed by atoms with E-state index in [0.717, 1.165) is 14.7 Å². The number of aromatic nitrogens is 2. The minimum atomic E-state index is -5.26. The van der Waals surface area contributed by atoms with Gasteiger partial charge in [-0.15, -0.1) is 0 Å². The Balaban J connectivity index is 1.54. The van der Waals surface area contributed by atoms with Crippen molar-refractivity contribution in [2.45, 2.75) is 24.9 Å². The van der Waals surface area contributed by atoms with Crippen molar-refractivity contribution in [2.75, 3.05) is 45.6 Å². The molecule has 2 atom stereocenters. The van der Waals surface area contributed by atoms with Crippen LogP contribution in [0.15, 0.2) is 60.9 Å². The van der Waals surface area contributed by atoms with E-state index < -0.39 is 76.0 Å². The second kappa shape index (κ2) is 16.0. The minimum Gasteiger partial charge on any atom is -0.810 e. The fraction of sp³-hybridized carbons (Fsp3) is 0.355. The minimum absolute atomic E-state index is 0.193. The second-order valence-corrected chi connectivity index (χ2v) is 12.9. The first kappa shape index (κ1) is 36.3. The number of nitrogens with one attached hydrogen (secondary N) is 2. The molecule has 0 aliphatic carbocycles. The molecule has 0 amide bonds. The first-order valence-corrected chi connectivity index (χ1v) is 16.6. The molecule has 0 saturated carbocycles. The molecule has 0 saturated heterocycles. The Labute approximate surface area is 274 Å². The highest BCUT2D eigenvalue weighted by atomic mass is 31.2. The number of carbonyl (C=O) groups excluding carboxylic acids is 4. The van der Waals surface area contributed by atoms with E-state index in [0.29, 0.717) is 32.9 Å². The summed E-state index contributed by atoms with van der Waals surface area (Å²) >= 11 is 0. The van der Waals surface area contributed by atoms with Crippen LogP contribution in [0.3, 0.4) is 0 Å². The van der Waals surface area contributed by atoms with Gasteiger partial charge in [-0.25, -0.2) is 0 Å². The molecule has 48 heavy (non-hydrogen) atoms. The van der Waals surface area contributed by atoms with E-state index in [2.05, 4.69) is 9.97 Å². The molecule has 2 N–H and O–H groups in total. The zero-order valence-corrected chi connectivity index (χ0v) is 26.5. The lowest BCUT2D eigenvalue weighted by Gasteiger charge is -2.40. The molecule has 2 aromatic heterocycles. The summed E-state index contributed by atoms with van der Waals surface area (Å²) in [6, 6.07) is 11.0. The van der Waals surface area contributed by atoms with Crippen LogP contribution in [-0.4, -0.2) is 106 Å². The van der Waals surface area contributed by atoms with Gasteiger partial charge in [0.15, 0.2) is 0 Å². The Morgan fingerprint density at radius 2 is 1.04 bits per heavy atom. The molecule has 2 aromatic carbocycles. The molecule has 16 nitrogen and oxygen atoms in total. The van der Waals surface area contributed by atoms with Gasteiger partial charge in [0.2, 0.25) is 0 Å². The quantitative estimate of drug-likeness (QED) is 0.0827. The predicted octanol–water partition coefficient (Wildman–Crippen LogP) is -5.05. The number of aliphatic carboxylic acids is 4. The lowest BCUT2D eigenvalue weighted by Crippen LogP contribution is -2.56. The Hall–Kier alpha value is -4.57. The van der Waals surface area contributed by atoms with E-state index in [1.807, 2.05) is 0 Å². The molecular weight excluding hydrogens is 649 g/mol. The Morgan fingerprint density at radius 3 is 1.40 bits per heavy atom. The van der Waals surface area contributed by atoms with Crippen LogP contribution in [0.25, 0.3) is 21.8 Å². The lowest BCUT2D eigenvalue weighted by atomic mass is 10.0. The van der Waals surface area contributed by atoms with Gasteiger partial charge in [-0.3, -0.25) is 14.7 Å². The third-order valence-corrected chi connectivity index (χ3v) is 8.79. The molecular formula is C31H32N5O11P-6. The van der Waals surface area contributed by atoms with Crippen molar-refractivity contribution >= 4 is 53.3 Å². The van der Waals surface area contributed by atoms with Crippen LogP contribution in [0.1, 0.15) is 11.1 Å². The zero-order valence-electron chi connectivity index (χ0n) is 25.6. The number of carbonyl (C=O) groups is 4. The number of rotatable bonds is 20. The maximum absolute atomic E-state index is 12.3. The van der Waals surface area contributed by atoms with Crippen molar-refractivity contribution < 1.29 is 54.0 Å². The summed E-state index contributed by atoms with van der Waals surface area (Å²) in [5.74, 6) is -6.47. The number of carboxylic acids is 4. The Bertz CT molecular complexity index is 1680. The smallest absolute Gasteiger partial charge is 0.0590 e. The van der Waals surface area contributed by atoms with Gasteiger partial charge in [-0.05, 0) is 36.1 Å². The van der Waals surface area contributed by atoms with Crippen LogP contribution in [0.2, 0.25) is 0 Å². The molecule has 0 radical (unpaired) electrons. The Morgan fingerprint density at radius 1 is 0.646 bits per heavy atom. The number of para-hydroxylation sites is 2. The summed E-state index contributed by atoms with van der Waals surface area (Å²) in [7, 11) is -5.26. The van der Waals surface area contributed by atoms with Gasteiger partial charge in [-0.1, -0.05) is 44.0 Å². The van der Waals surface area contributed by atoms with Crippen LogP contribution < -0.4 is 30.2 Å². The number of benzene rings is 2. The maximum atomic E-state index is 12.3. The molecule has 258 valence electrons.